The summed E-state index contributed by atoms with van der Waals surface area (Å²) in [6, 6.07) is 0.418. The molecular weight excluding hydrogens is 218 g/mol. The Labute approximate surface area is 102 Å². The van der Waals surface area contributed by atoms with Crippen LogP contribution in [-0.2, 0) is 16.0 Å². The van der Waals surface area contributed by atoms with E-state index in [9.17, 15) is 0 Å². The Morgan fingerprint density at radius 2 is 2.53 bits per heavy atom. The molecule has 2 rings (SSSR count). The van der Waals surface area contributed by atoms with Crippen molar-refractivity contribution in [1.29, 1.82) is 0 Å². The number of hydrogen-bond donors (Lipinski definition) is 1. The van der Waals surface area contributed by atoms with Crippen LogP contribution in [0.25, 0.3) is 0 Å². The first-order valence-corrected chi connectivity index (χ1v) is 6.13. The Hall–Kier alpha value is -0.910. The number of aromatic nitrogens is 2. The van der Waals surface area contributed by atoms with Gasteiger partial charge in [-0.05, 0) is 13.3 Å². The molecule has 17 heavy (non-hydrogen) atoms. The Bertz CT molecular complexity index is 346. The van der Waals surface area contributed by atoms with Gasteiger partial charge in [0.2, 0.25) is 0 Å². The van der Waals surface area contributed by atoms with Gasteiger partial charge in [0.1, 0.15) is 0 Å². The molecule has 1 fully saturated rings. The average Bonchev–Trinajstić information content (AvgIpc) is 2.94. The normalized spacial score (nSPS) is 20.0. The van der Waals surface area contributed by atoms with Crippen LogP contribution in [0.2, 0.25) is 0 Å². The molecule has 1 aromatic heterocycles. The van der Waals surface area contributed by atoms with Gasteiger partial charge in [0.05, 0.1) is 24.9 Å². The van der Waals surface area contributed by atoms with Crippen molar-refractivity contribution >= 4 is 0 Å². The van der Waals surface area contributed by atoms with E-state index < -0.39 is 0 Å². The Balaban J connectivity index is 1.89. The predicted octanol–water partition coefficient (Wildman–Crippen LogP) is 0.889. The van der Waals surface area contributed by atoms with Crippen LogP contribution in [-0.4, -0.2) is 43.3 Å². The highest BCUT2D eigenvalue weighted by atomic mass is 16.5. The lowest BCUT2D eigenvalue weighted by molar-refractivity contribution is 0.184. The maximum atomic E-state index is 5.38. The van der Waals surface area contributed by atoms with Gasteiger partial charge >= 0.3 is 0 Å². The molecule has 0 saturated carbocycles. The van der Waals surface area contributed by atoms with Crippen molar-refractivity contribution in [3.05, 3.63) is 17.5 Å². The van der Waals surface area contributed by atoms with Gasteiger partial charge in [-0.3, -0.25) is 4.68 Å². The molecule has 2 heterocycles. The monoisotopic (exact) mass is 239 g/mol. The van der Waals surface area contributed by atoms with Crippen molar-refractivity contribution in [3.8, 4) is 0 Å². The molecule has 0 spiro atoms. The molecule has 0 amide bonds. The SMILES string of the molecule is COCCNCc1cn(C2CCOC2)nc1C. The minimum absolute atomic E-state index is 0.418. The third-order valence-electron chi connectivity index (χ3n) is 3.10. The molecule has 1 aromatic rings. The maximum absolute atomic E-state index is 5.38. The highest BCUT2D eigenvalue weighted by Crippen LogP contribution is 2.19. The van der Waals surface area contributed by atoms with E-state index in [-0.39, 0.29) is 0 Å². The average molecular weight is 239 g/mol. The van der Waals surface area contributed by atoms with Crippen LogP contribution in [0.4, 0.5) is 0 Å². The van der Waals surface area contributed by atoms with Crippen molar-refractivity contribution in [2.24, 2.45) is 0 Å². The first kappa shape index (κ1) is 12.5. The van der Waals surface area contributed by atoms with Gasteiger partial charge in [-0.25, -0.2) is 0 Å². The minimum Gasteiger partial charge on any atom is -0.383 e. The van der Waals surface area contributed by atoms with Crippen molar-refractivity contribution in [1.82, 2.24) is 15.1 Å². The molecule has 0 bridgehead atoms. The highest BCUT2D eigenvalue weighted by molar-refractivity contribution is 5.15. The minimum atomic E-state index is 0.418. The van der Waals surface area contributed by atoms with Crippen molar-refractivity contribution < 1.29 is 9.47 Å². The van der Waals surface area contributed by atoms with Gasteiger partial charge < -0.3 is 14.8 Å². The molecule has 5 nitrogen and oxygen atoms in total. The number of nitrogens with zero attached hydrogens (tertiary/aromatic N) is 2. The number of rotatable bonds is 6. The maximum Gasteiger partial charge on any atom is 0.0774 e. The Morgan fingerprint density at radius 1 is 1.65 bits per heavy atom. The zero-order valence-corrected chi connectivity index (χ0v) is 10.6. The molecule has 1 aliphatic rings. The van der Waals surface area contributed by atoms with E-state index in [0.29, 0.717) is 6.04 Å². The summed E-state index contributed by atoms with van der Waals surface area (Å²) in [4.78, 5) is 0. The van der Waals surface area contributed by atoms with Crippen molar-refractivity contribution in [2.45, 2.75) is 25.9 Å². The second-order valence-electron chi connectivity index (χ2n) is 4.41. The van der Waals surface area contributed by atoms with E-state index in [4.69, 9.17) is 9.47 Å². The summed E-state index contributed by atoms with van der Waals surface area (Å²) < 4.78 is 12.4. The fraction of sp³-hybridized carbons (Fsp3) is 0.750. The van der Waals surface area contributed by atoms with Crippen LogP contribution in [0.15, 0.2) is 6.20 Å². The van der Waals surface area contributed by atoms with Crippen LogP contribution in [0.5, 0.6) is 0 Å². The molecule has 1 N–H and O–H groups in total. The second-order valence-corrected chi connectivity index (χ2v) is 4.41. The van der Waals surface area contributed by atoms with E-state index in [1.807, 2.05) is 0 Å². The molecule has 5 heteroatoms. The molecule has 1 atom stereocenters. The van der Waals surface area contributed by atoms with Crippen molar-refractivity contribution in [2.75, 3.05) is 33.5 Å². The molecule has 1 aliphatic heterocycles. The molecule has 0 radical (unpaired) electrons. The summed E-state index contributed by atoms with van der Waals surface area (Å²) in [6.07, 6.45) is 3.20. The van der Waals surface area contributed by atoms with Crippen molar-refractivity contribution in [3.63, 3.8) is 0 Å². The molecule has 0 aromatic carbocycles. The van der Waals surface area contributed by atoms with Crippen LogP contribution < -0.4 is 5.32 Å². The third kappa shape index (κ3) is 3.28. The largest absolute Gasteiger partial charge is 0.383 e. The van der Waals surface area contributed by atoms with Crippen LogP contribution >= 0.6 is 0 Å². The summed E-state index contributed by atoms with van der Waals surface area (Å²) in [5.74, 6) is 0. The summed E-state index contributed by atoms with van der Waals surface area (Å²) in [5, 5.41) is 7.89. The summed E-state index contributed by atoms with van der Waals surface area (Å²) in [6.45, 7) is 6.16. The molecular formula is C12H21N3O2. The second kappa shape index (κ2) is 6.14. The van der Waals surface area contributed by atoms with Crippen LogP contribution in [0, 0.1) is 6.92 Å². The predicted molar refractivity (Wildman–Crippen MR) is 65.0 cm³/mol. The standard InChI is InChI=1S/C12H21N3O2/c1-10-11(7-13-4-6-16-2)8-15(14-10)12-3-5-17-9-12/h8,12-13H,3-7,9H2,1-2H3. The van der Waals surface area contributed by atoms with Gasteiger partial charge in [0.15, 0.2) is 0 Å². The zero-order valence-electron chi connectivity index (χ0n) is 10.6. The van der Waals surface area contributed by atoms with E-state index in [1.165, 1.54) is 5.56 Å². The van der Waals surface area contributed by atoms with Gasteiger partial charge in [0, 0.05) is 38.6 Å². The summed E-state index contributed by atoms with van der Waals surface area (Å²) in [5.41, 5.74) is 2.36. The fourth-order valence-electron chi connectivity index (χ4n) is 2.01. The van der Waals surface area contributed by atoms with Gasteiger partial charge in [-0.2, -0.15) is 5.10 Å². The summed E-state index contributed by atoms with van der Waals surface area (Å²) in [7, 11) is 1.71. The Morgan fingerprint density at radius 3 is 3.24 bits per heavy atom. The van der Waals surface area contributed by atoms with E-state index >= 15 is 0 Å². The summed E-state index contributed by atoms with van der Waals surface area (Å²) >= 11 is 0. The topological polar surface area (TPSA) is 48.3 Å². The first-order chi connectivity index (χ1) is 8.31. The molecule has 1 saturated heterocycles. The third-order valence-corrected chi connectivity index (χ3v) is 3.10. The lowest BCUT2D eigenvalue weighted by Crippen LogP contribution is -2.18. The number of nitrogens with one attached hydrogen (secondary N) is 1. The lowest BCUT2D eigenvalue weighted by atomic mass is 10.2. The van der Waals surface area contributed by atoms with Gasteiger partial charge in [-0.1, -0.05) is 0 Å². The zero-order chi connectivity index (χ0) is 12.1. The van der Waals surface area contributed by atoms with Gasteiger partial charge in [-0.15, -0.1) is 0 Å². The number of hydrogen-bond acceptors (Lipinski definition) is 4. The molecule has 96 valence electrons. The quantitative estimate of drug-likeness (QED) is 0.749. The smallest absolute Gasteiger partial charge is 0.0774 e. The fourth-order valence-corrected chi connectivity index (χ4v) is 2.01. The number of methoxy groups -OCH3 is 1. The van der Waals surface area contributed by atoms with Crippen LogP contribution in [0.1, 0.15) is 23.7 Å². The van der Waals surface area contributed by atoms with Crippen LogP contribution in [0.3, 0.4) is 0 Å². The first-order valence-electron chi connectivity index (χ1n) is 6.13. The van der Waals surface area contributed by atoms with Gasteiger partial charge in [0.25, 0.3) is 0 Å². The van der Waals surface area contributed by atoms with E-state index in [1.54, 1.807) is 7.11 Å². The van der Waals surface area contributed by atoms with E-state index in [0.717, 1.165) is 45.0 Å². The lowest BCUT2D eigenvalue weighted by Gasteiger charge is -2.06. The highest BCUT2D eigenvalue weighted by Gasteiger charge is 2.19. The number of aryl methyl sites for hydroxylation is 1. The number of ether oxygens (including phenoxy) is 2. The molecule has 1 unspecified atom stereocenters. The Kier molecular flexibility index (Phi) is 4.53. The molecule has 0 aliphatic carbocycles. The van der Waals surface area contributed by atoms with E-state index in [2.05, 4.69) is 28.2 Å².